The van der Waals surface area contributed by atoms with E-state index in [1.807, 2.05) is 0 Å². The number of amides is 1. The number of pyridine rings is 1. The third-order valence-corrected chi connectivity index (χ3v) is 2.24. The minimum atomic E-state index is -0.499. The average Bonchev–Trinajstić information content (AvgIpc) is 2.44. The molecule has 6 nitrogen and oxygen atoms in total. The average molecular weight is 262 g/mol. The van der Waals surface area contributed by atoms with E-state index in [2.05, 4.69) is 21.6 Å². The van der Waals surface area contributed by atoms with Crippen LogP contribution in [0.2, 0.25) is 0 Å². The fourth-order valence-corrected chi connectivity index (χ4v) is 1.26. The third kappa shape index (κ3) is 4.41. The molecule has 0 saturated heterocycles. The zero-order valence-corrected chi connectivity index (χ0v) is 10.7. The number of rotatable bonds is 3. The zero-order chi connectivity index (χ0) is 14.3. The summed E-state index contributed by atoms with van der Waals surface area (Å²) in [6, 6.07) is 3.13. The molecular formula is C13H14N2O4. The lowest BCUT2D eigenvalue weighted by atomic mass is 10.2. The number of likely N-dealkylation sites (N-methyl/N-ethyl adjacent to an activating group) is 1. The van der Waals surface area contributed by atoms with Gasteiger partial charge in [0.2, 0.25) is 0 Å². The number of ether oxygens (including phenoxy) is 1. The first-order valence-corrected chi connectivity index (χ1v) is 5.46. The van der Waals surface area contributed by atoms with Gasteiger partial charge >= 0.3 is 5.97 Å². The van der Waals surface area contributed by atoms with Crippen molar-refractivity contribution in [1.29, 1.82) is 0 Å². The van der Waals surface area contributed by atoms with Crippen LogP contribution in [-0.2, 0) is 9.53 Å². The molecule has 0 unspecified atom stereocenters. The SMILES string of the molecule is COC(=O)CN(C)C(=O)c1ccc(C#CCO)cn1. The molecule has 1 heterocycles. The summed E-state index contributed by atoms with van der Waals surface area (Å²) in [5.74, 6) is 4.27. The van der Waals surface area contributed by atoms with Gasteiger partial charge in [-0.05, 0) is 12.1 Å². The summed E-state index contributed by atoms with van der Waals surface area (Å²) in [6.07, 6.45) is 1.43. The quantitative estimate of drug-likeness (QED) is 0.596. The van der Waals surface area contributed by atoms with Crippen molar-refractivity contribution in [2.45, 2.75) is 0 Å². The van der Waals surface area contributed by atoms with Crippen molar-refractivity contribution in [1.82, 2.24) is 9.88 Å². The topological polar surface area (TPSA) is 79.7 Å². The largest absolute Gasteiger partial charge is 0.468 e. The summed E-state index contributed by atoms with van der Waals surface area (Å²) in [6.45, 7) is -0.369. The molecule has 0 fully saturated rings. The highest BCUT2D eigenvalue weighted by Crippen LogP contribution is 2.02. The lowest BCUT2D eigenvalue weighted by Gasteiger charge is -2.14. The Balaban J connectivity index is 2.75. The van der Waals surface area contributed by atoms with Crippen LogP contribution in [0.1, 0.15) is 16.1 Å². The Morgan fingerprint density at radius 2 is 2.21 bits per heavy atom. The predicted molar refractivity (Wildman–Crippen MR) is 67.2 cm³/mol. The van der Waals surface area contributed by atoms with E-state index >= 15 is 0 Å². The number of carbonyl (C=O) groups is 2. The van der Waals surface area contributed by atoms with Gasteiger partial charge in [0.05, 0.1) is 7.11 Å². The summed E-state index contributed by atoms with van der Waals surface area (Å²) in [7, 11) is 2.74. The van der Waals surface area contributed by atoms with E-state index in [-0.39, 0.29) is 24.8 Å². The lowest BCUT2D eigenvalue weighted by Crippen LogP contribution is -2.33. The number of hydrogen-bond donors (Lipinski definition) is 1. The number of aromatic nitrogens is 1. The van der Waals surface area contributed by atoms with Gasteiger partial charge in [0.15, 0.2) is 0 Å². The van der Waals surface area contributed by atoms with Crippen LogP contribution in [0.4, 0.5) is 0 Å². The van der Waals surface area contributed by atoms with Crippen LogP contribution in [0.3, 0.4) is 0 Å². The second-order valence-corrected chi connectivity index (χ2v) is 3.63. The smallest absolute Gasteiger partial charge is 0.325 e. The van der Waals surface area contributed by atoms with E-state index in [1.165, 1.54) is 31.3 Å². The van der Waals surface area contributed by atoms with Gasteiger partial charge in [-0.2, -0.15) is 0 Å². The number of aliphatic hydroxyl groups is 1. The fraction of sp³-hybridized carbons (Fsp3) is 0.308. The maximum Gasteiger partial charge on any atom is 0.325 e. The molecule has 6 heteroatoms. The van der Waals surface area contributed by atoms with Gasteiger partial charge in [0, 0.05) is 18.8 Å². The minimum Gasteiger partial charge on any atom is -0.468 e. The van der Waals surface area contributed by atoms with Gasteiger partial charge < -0.3 is 14.7 Å². The van der Waals surface area contributed by atoms with Crippen molar-refractivity contribution in [3.8, 4) is 11.8 Å². The van der Waals surface area contributed by atoms with Crippen LogP contribution in [-0.4, -0.2) is 54.2 Å². The Morgan fingerprint density at radius 1 is 1.47 bits per heavy atom. The van der Waals surface area contributed by atoms with Crippen molar-refractivity contribution in [2.24, 2.45) is 0 Å². The number of nitrogens with zero attached hydrogens (tertiary/aromatic N) is 2. The molecule has 0 radical (unpaired) electrons. The number of aliphatic hydroxyl groups excluding tert-OH is 1. The summed E-state index contributed by atoms with van der Waals surface area (Å²) in [5, 5.41) is 8.55. The van der Waals surface area contributed by atoms with Crippen LogP contribution < -0.4 is 0 Å². The maximum atomic E-state index is 11.9. The minimum absolute atomic E-state index is 0.136. The van der Waals surface area contributed by atoms with E-state index < -0.39 is 5.97 Å². The van der Waals surface area contributed by atoms with Crippen molar-refractivity contribution in [3.05, 3.63) is 29.6 Å². The Morgan fingerprint density at radius 3 is 2.74 bits per heavy atom. The second-order valence-electron chi connectivity index (χ2n) is 3.63. The van der Waals surface area contributed by atoms with Crippen LogP contribution in [0.5, 0.6) is 0 Å². The molecule has 100 valence electrons. The summed E-state index contributed by atoms with van der Waals surface area (Å²) in [4.78, 5) is 28.1. The zero-order valence-electron chi connectivity index (χ0n) is 10.7. The van der Waals surface area contributed by atoms with Crippen molar-refractivity contribution < 1.29 is 19.4 Å². The molecule has 1 aromatic rings. The highest BCUT2D eigenvalue weighted by Gasteiger charge is 2.15. The van der Waals surface area contributed by atoms with Gasteiger partial charge in [-0.25, -0.2) is 4.98 Å². The van der Waals surface area contributed by atoms with E-state index in [4.69, 9.17) is 5.11 Å². The van der Waals surface area contributed by atoms with Crippen molar-refractivity contribution in [2.75, 3.05) is 27.3 Å². The lowest BCUT2D eigenvalue weighted by molar-refractivity contribution is -0.141. The first kappa shape index (κ1) is 14.7. The first-order valence-electron chi connectivity index (χ1n) is 5.46. The summed E-state index contributed by atoms with van der Waals surface area (Å²) >= 11 is 0. The predicted octanol–water partition coefficient (Wildman–Crippen LogP) is -0.330. The van der Waals surface area contributed by atoms with Crippen molar-refractivity contribution >= 4 is 11.9 Å². The monoisotopic (exact) mass is 262 g/mol. The molecule has 0 atom stereocenters. The Labute approximate surface area is 111 Å². The molecular weight excluding hydrogens is 248 g/mol. The van der Waals surface area contributed by atoms with Crippen LogP contribution in [0.15, 0.2) is 18.3 Å². The molecule has 1 aromatic heterocycles. The van der Waals surface area contributed by atoms with E-state index in [9.17, 15) is 9.59 Å². The number of hydrogen-bond acceptors (Lipinski definition) is 5. The van der Waals surface area contributed by atoms with Gasteiger partial charge in [-0.1, -0.05) is 11.8 Å². The van der Waals surface area contributed by atoms with E-state index in [1.54, 1.807) is 6.07 Å². The molecule has 0 aliphatic rings. The Bertz CT molecular complexity index is 514. The van der Waals surface area contributed by atoms with Gasteiger partial charge in [0.25, 0.3) is 5.91 Å². The van der Waals surface area contributed by atoms with Gasteiger partial charge in [-0.15, -0.1) is 0 Å². The molecule has 1 N–H and O–H groups in total. The molecule has 0 aromatic carbocycles. The summed E-state index contributed by atoms with van der Waals surface area (Å²) < 4.78 is 4.48. The molecule has 0 aliphatic heterocycles. The molecule has 0 spiro atoms. The molecule has 0 bridgehead atoms. The van der Waals surface area contributed by atoms with Crippen LogP contribution in [0, 0.1) is 11.8 Å². The van der Waals surface area contributed by atoms with Crippen LogP contribution in [0.25, 0.3) is 0 Å². The van der Waals surface area contributed by atoms with Crippen LogP contribution >= 0.6 is 0 Å². The normalized spacial score (nSPS) is 9.21. The standard InChI is InChI=1S/C13H14N2O4/c1-15(9-12(17)19-2)13(18)11-6-5-10(8-14-11)4-3-7-16/h5-6,8,16H,7,9H2,1-2H3. The highest BCUT2D eigenvalue weighted by atomic mass is 16.5. The number of carbonyl (C=O) groups excluding carboxylic acids is 2. The highest BCUT2D eigenvalue weighted by molar-refractivity contribution is 5.94. The fourth-order valence-electron chi connectivity index (χ4n) is 1.26. The number of esters is 1. The molecule has 1 rings (SSSR count). The van der Waals surface area contributed by atoms with E-state index in [0.29, 0.717) is 5.56 Å². The van der Waals surface area contributed by atoms with Gasteiger partial charge in [0.1, 0.15) is 18.8 Å². The Kier molecular flexibility index (Phi) is 5.51. The van der Waals surface area contributed by atoms with E-state index in [0.717, 1.165) is 0 Å². The second kappa shape index (κ2) is 7.13. The van der Waals surface area contributed by atoms with Gasteiger partial charge in [-0.3, -0.25) is 9.59 Å². The first-order chi connectivity index (χ1) is 9.08. The number of methoxy groups -OCH3 is 1. The van der Waals surface area contributed by atoms with Crippen molar-refractivity contribution in [3.63, 3.8) is 0 Å². The molecule has 1 amide bonds. The molecule has 0 aliphatic carbocycles. The maximum absolute atomic E-state index is 11.9. The summed E-state index contributed by atoms with van der Waals surface area (Å²) in [5.41, 5.74) is 0.808. The molecule has 19 heavy (non-hydrogen) atoms. The molecule has 0 saturated carbocycles. The third-order valence-electron chi connectivity index (χ3n) is 2.24. The Hall–Kier alpha value is -2.39.